The highest BCUT2D eigenvalue weighted by molar-refractivity contribution is 5.73. The molecular weight excluding hydrogens is 354 g/mol. The Kier molecular flexibility index (Phi) is 9.41. The van der Waals surface area contributed by atoms with Gasteiger partial charge in [-0.3, -0.25) is 4.79 Å². The number of rotatable bonds is 11. The summed E-state index contributed by atoms with van der Waals surface area (Å²) in [6, 6.07) is 10.0. The molecule has 0 heterocycles. The number of hydrogen-bond donors (Lipinski definition) is 4. The minimum Gasteiger partial charge on any atom is -0.393 e. The second kappa shape index (κ2) is 11.8. The van der Waals surface area contributed by atoms with Gasteiger partial charge in [-0.25, -0.2) is 0 Å². The Balaban J connectivity index is 1.82. The van der Waals surface area contributed by atoms with Crippen molar-refractivity contribution < 1.29 is 20.1 Å². The van der Waals surface area contributed by atoms with E-state index in [1.165, 1.54) is 5.56 Å². The molecule has 0 bridgehead atoms. The number of carbonyl (C=O) groups is 1. The highest BCUT2D eigenvalue weighted by Gasteiger charge is 2.39. The first-order valence-electron chi connectivity index (χ1n) is 10.2. The lowest BCUT2D eigenvalue weighted by molar-refractivity contribution is -0.118. The summed E-state index contributed by atoms with van der Waals surface area (Å²) >= 11 is 0. The molecule has 0 aliphatic heterocycles. The van der Waals surface area contributed by atoms with Crippen LogP contribution in [0.15, 0.2) is 54.6 Å². The molecule has 1 aromatic carbocycles. The Morgan fingerprint density at radius 2 is 1.93 bits per heavy atom. The largest absolute Gasteiger partial charge is 0.393 e. The SMILES string of the molecule is NC(=O)CCC/C=C\C[C@@H]1[C@@H](/C=C\[C@@H](O)CCc2ccccc2)[C@H](O)C[C@@H]1O. The van der Waals surface area contributed by atoms with E-state index in [9.17, 15) is 20.1 Å². The first-order chi connectivity index (χ1) is 13.5. The van der Waals surface area contributed by atoms with Crippen LogP contribution in [0, 0.1) is 11.8 Å². The number of unbranched alkanes of at least 4 members (excludes halogenated alkanes) is 1. The van der Waals surface area contributed by atoms with Crippen LogP contribution in [0.4, 0.5) is 0 Å². The number of aliphatic hydroxyl groups excluding tert-OH is 3. The molecule has 1 aliphatic rings. The van der Waals surface area contributed by atoms with Gasteiger partial charge in [0.2, 0.25) is 5.91 Å². The van der Waals surface area contributed by atoms with Crippen LogP contribution in [-0.2, 0) is 11.2 Å². The molecule has 1 aliphatic carbocycles. The van der Waals surface area contributed by atoms with Crippen molar-refractivity contribution in [3.63, 3.8) is 0 Å². The molecule has 28 heavy (non-hydrogen) atoms. The number of amides is 1. The fraction of sp³-hybridized carbons (Fsp3) is 0.522. The van der Waals surface area contributed by atoms with E-state index in [0.29, 0.717) is 25.7 Å². The zero-order valence-electron chi connectivity index (χ0n) is 16.4. The third-order valence-corrected chi connectivity index (χ3v) is 5.41. The zero-order valence-corrected chi connectivity index (χ0v) is 16.4. The van der Waals surface area contributed by atoms with Gasteiger partial charge in [0.1, 0.15) is 0 Å². The highest BCUT2D eigenvalue weighted by atomic mass is 16.3. The molecule has 5 atom stereocenters. The molecule has 0 aromatic heterocycles. The summed E-state index contributed by atoms with van der Waals surface area (Å²) in [7, 11) is 0. The van der Waals surface area contributed by atoms with Crippen molar-refractivity contribution in [1.82, 2.24) is 0 Å². The Hall–Kier alpha value is -1.95. The van der Waals surface area contributed by atoms with Crippen LogP contribution >= 0.6 is 0 Å². The maximum Gasteiger partial charge on any atom is 0.217 e. The third-order valence-electron chi connectivity index (χ3n) is 5.41. The van der Waals surface area contributed by atoms with E-state index in [1.54, 1.807) is 6.08 Å². The van der Waals surface area contributed by atoms with Crippen LogP contribution in [0.5, 0.6) is 0 Å². The average Bonchev–Trinajstić information content (AvgIpc) is 2.94. The van der Waals surface area contributed by atoms with Gasteiger partial charge in [0, 0.05) is 18.8 Å². The summed E-state index contributed by atoms with van der Waals surface area (Å²) in [4.78, 5) is 10.7. The summed E-state index contributed by atoms with van der Waals surface area (Å²) in [5.41, 5.74) is 6.30. The van der Waals surface area contributed by atoms with Crippen LogP contribution in [0.3, 0.4) is 0 Å². The number of nitrogens with two attached hydrogens (primary N) is 1. The van der Waals surface area contributed by atoms with Crippen LogP contribution in [0.25, 0.3) is 0 Å². The highest BCUT2D eigenvalue weighted by Crippen LogP contribution is 2.36. The van der Waals surface area contributed by atoms with E-state index in [-0.39, 0.29) is 17.7 Å². The van der Waals surface area contributed by atoms with E-state index < -0.39 is 18.3 Å². The van der Waals surface area contributed by atoms with Gasteiger partial charge < -0.3 is 21.1 Å². The normalized spacial score (nSPS) is 26.2. The van der Waals surface area contributed by atoms with E-state index in [1.807, 2.05) is 48.6 Å². The van der Waals surface area contributed by atoms with Gasteiger partial charge in [-0.05, 0) is 43.6 Å². The van der Waals surface area contributed by atoms with Crippen molar-refractivity contribution in [1.29, 1.82) is 0 Å². The van der Waals surface area contributed by atoms with Gasteiger partial charge in [-0.1, -0.05) is 54.6 Å². The number of primary amides is 1. The van der Waals surface area contributed by atoms with Gasteiger partial charge in [0.15, 0.2) is 0 Å². The van der Waals surface area contributed by atoms with Crippen LogP contribution in [-0.4, -0.2) is 39.5 Å². The Morgan fingerprint density at radius 1 is 1.18 bits per heavy atom. The summed E-state index contributed by atoms with van der Waals surface area (Å²) in [6.07, 6.45) is 10.2. The van der Waals surface area contributed by atoms with Gasteiger partial charge in [-0.2, -0.15) is 0 Å². The fourth-order valence-corrected chi connectivity index (χ4v) is 3.78. The van der Waals surface area contributed by atoms with Gasteiger partial charge in [0.25, 0.3) is 0 Å². The average molecular weight is 388 g/mol. The fourth-order valence-electron chi connectivity index (χ4n) is 3.78. The van der Waals surface area contributed by atoms with Gasteiger partial charge in [0.05, 0.1) is 18.3 Å². The minimum atomic E-state index is -0.596. The van der Waals surface area contributed by atoms with Crippen molar-refractivity contribution in [2.45, 2.75) is 63.3 Å². The predicted molar refractivity (Wildman–Crippen MR) is 110 cm³/mol. The number of hydrogen-bond acceptors (Lipinski definition) is 4. The van der Waals surface area contributed by atoms with E-state index in [4.69, 9.17) is 5.73 Å². The smallest absolute Gasteiger partial charge is 0.217 e. The molecule has 1 aromatic rings. The standard InChI is InChI=1S/C23H33NO4/c24-23(28)11-7-2-1-6-10-19-20(22(27)16-21(19)26)15-14-18(25)13-12-17-8-4-3-5-9-17/h1,3-6,8-9,14-15,18-22,25-27H,2,7,10-13,16H2,(H2,24,28)/b6-1-,15-14-/t18-,19+,20+,21-,22+/m0/s1. The number of aliphatic hydroxyl groups is 3. The third kappa shape index (κ3) is 7.58. The Labute approximate surface area is 167 Å². The number of aryl methyl sites for hydroxylation is 1. The second-order valence-corrected chi connectivity index (χ2v) is 7.65. The lowest BCUT2D eigenvalue weighted by Crippen LogP contribution is -2.20. The molecule has 5 nitrogen and oxygen atoms in total. The Bertz CT molecular complexity index is 643. The maximum atomic E-state index is 10.7. The van der Waals surface area contributed by atoms with E-state index in [0.717, 1.165) is 19.3 Å². The monoisotopic (exact) mass is 387 g/mol. The topological polar surface area (TPSA) is 104 Å². The zero-order chi connectivity index (χ0) is 20.4. The lowest BCUT2D eigenvalue weighted by Gasteiger charge is -2.19. The first-order valence-corrected chi connectivity index (χ1v) is 10.2. The molecule has 0 spiro atoms. The molecule has 0 radical (unpaired) electrons. The maximum absolute atomic E-state index is 10.7. The Morgan fingerprint density at radius 3 is 2.64 bits per heavy atom. The second-order valence-electron chi connectivity index (χ2n) is 7.65. The van der Waals surface area contributed by atoms with E-state index in [2.05, 4.69) is 0 Å². The molecule has 0 saturated heterocycles. The lowest BCUT2D eigenvalue weighted by atomic mass is 9.89. The first kappa shape index (κ1) is 22.3. The molecule has 5 heteroatoms. The number of benzene rings is 1. The van der Waals surface area contributed by atoms with Crippen molar-refractivity contribution in [3.05, 3.63) is 60.2 Å². The number of carbonyl (C=O) groups excluding carboxylic acids is 1. The summed E-state index contributed by atoms with van der Waals surface area (Å²) in [5.74, 6) is -0.532. The molecule has 0 unspecified atom stereocenters. The minimum absolute atomic E-state index is 0.0695. The number of allylic oxidation sites excluding steroid dienone is 2. The van der Waals surface area contributed by atoms with Crippen molar-refractivity contribution in [3.8, 4) is 0 Å². The molecule has 5 N–H and O–H groups in total. The molecule has 1 amide bonds. The molecule has 2 rings (SSSR count). The quantitative estimate of drug-likeness (QED) is 0.346. The van der Waals surface area contributed by atoms with Crippen molar-refractivity contribution in [2.24, 2.45) is 17.6 Å². The van der Waals surface area contributed by atoms with E-state index >= 15 is 0 Å². The van der Waals surface area contributed by atoms with Crippen LogP contribution in [0.1, 0.15) is 44.1 Å². The van der Waals surface area contributed by atoms with Gasteiger partial charge >= 0.3 is 0 Å². The van der Waals surface area contributed by atoms with Crippen LogP contribution in [0.2, 0.25) is 0 Å². The molecule has 154 valence electrons. The summed E-state index contributed by atoms with van der Waals surface area (Å²) in [5, 5.41) is 30.8. The van der Waals surface area contributed by atoms with Crippen molar-refractivity contribution >= 4 is 5.91 Å². The molecular formula is C23H33NO4. The summed E-state index contributed by atoms with van der Waals surface area (Å²) in [6.45, 7) is 0. The predicted octanol–water partition coefficient (Wildman–Crippen LogP) is 2.50. The summed E-state index contributed by atoms with van der Waals surface area (Å²) < 4.78 is 0. The van der Waals surface area contributed by atoms with Crippen LogP contribution < -0.4 is 5.73 Å². The molecule has 1 saturated carbocycles. The van der Waals surface area contributed by atoms with Crippen molar-refractivity contribution in [2.75, 3.05) is 0 Å². The van der Waals surface area contributed by atoms with Gasteiger partial charge in [-0.15, -0.1) is 0 Å². The molecule has 1 fully saturated rings.